The quantitative estimate of drug-likeness (QED) is 0.814. The summed E-state index contributed by atoms with van der Waals surface area (Å²) < 4.78 is 4.61. The van der Waals surface area contributed by atoms with E-state index in [0.717, 1.165) is 6.54 Å². The van der Waals surface area contributed by atoms with Crippen LogP contribution in [0.15, 0.2) is 18.2 Å². The van der Waals surface area contributed by atoms with Crippen molar-refractivity contribution >= 4 is 5.97 Å². The predicted octanol–water partition coefficient (Wildman–Crippen LogP) is 2.34. The maximum atomic E-state index is 11.1. The van der Waals surface area contributed by atoms with Gasteiger partial charge in [-0.3, -0.25) is 4.79 Å². The lowest BCUT2D eigenvalue weighted by atomic mass is 9.81. The molecule has 0 saturated carbocycles. The number of carbonyl (C=O) groups is 1. The van der Waals surface area contributed by atoms with Crippen LogP contribution in [0.2, 0.25) is 0 Å². The number of methoxy groups -OCH3 is 1. The van der Waals surface area contributed by atoms with Crippen molar-refractivity contribution in [3.63, 3.8) is 0 Å². The number of nitrogens with one attached hydrogen (secondary N) is 1. The summed E-state index contributed by atoms with van der Waals surface area (Å²) in [5.74, 6) is -0.230. The Hall–Kier alpha value is -1.35. The van der Waals surface area contributed by atoms with E-state index in [1.54, 1.807) is 0 Å². The molecule has 100 valence electrons. The largest absolute Gasteiger partial charge is 0.468 e. The highest BCUT2D eigenvalue weighted by molar-refractivity contribution is 5.71. The molecule has 0 aliphatic heterocycles. The van der Waals surface area contributed by atoms with E-state index >= 15 is 0 Å². The summed E-state index contributed by atoms with van der Waals surface area (Å²) in [4.78, 5) is 11.1. The molecule has 0 aromatic heterocycles. The van der Waals surface area contributed by atoms with Gasteiger partial charge >= 0.3 is 5.97 Å². The molecule has 1 aromatic carbocycles. The highest BCUT2D eigenvalue weighted by atomic mass is 16.5. The highest BCUT2D eigenvalue weighted by Crippen LogP contribution is 2.26. The molecule has 3 nitrogen and oxygen atoms in total. The lowest BCUT2D eigenvalue weighted by Gasteiger charge is -2.27. The van der Waals surface area contributed by atoms with Crippen molar-refractivity contribution in [1.82, 2.24) is 5.32 Å². The number of benzene rings is 1. The topological polar surface area (TPSA) is 38.3 Å². The smallest absolute Gasteiger partial charge is 0.319 e. The molecule has 3 heteroatoms. The van der Waals surface area contributed by atoms with Gasteiger partial charge in [0, 0.05) is 12.0 Å². The average molecular weight is 249 g/mol. The molecule has 0 amide bonds. The van der Waals surface area contributed by atoms with Crippen LogP contribution in [0.1, 0.15) is 30.5 Å². The van der Waals surface area contributed by atoms with Gasteiger partial charge < -0.3 is 10.1 Å². The second-order valence-corrected chi connectivity index (χ2v) is 5.38. The molecule has 0 fully saturated rings. The first kappa shape index (κ1) is 14.7. The zero-order valence-electron chi connectivity index (χ0n) is 12.0. The first-order valence-electron chi connectivity index (χ1n) is 6.22. The van der Waals surface area contributed by atoms with Crippen molar-refractivity contribution in [2.75, 3.05) is 20.2 Å². The third-order valence-corrected chi connectivity index (χ3v) is 3.17. The van der Waals surface area contributed by atoms with Gasteiger partial charge in [0.15, 0.2) is 0 Å². The van der Waals surface area contributed by atoms with E-state index in [9.17, 15) is 4.79 Å². The van der Waals surface area contributed by atoms with Crippen LogP contribution < -0.4 is 5.32 Å². The van der Waals surface area contributed by atoms with Crippen LogP contribution in [0.5, 0.6) is 0 Å². The van der Waals surface area contributed by atoms with E-state index in [2.05, 4.69) is 55.9 Å². The van der Waals surface area contributed by atoms with Crippen molar-refractivity contribution in [3.05, 3.63) is 34.9 Å². The van der Waals surface area contributed by atoms with E-state index < -0.39 is 0 Å². The summed E-state index contributed by atoms with van der Waals surface area (Å²) in [6, 6.07) is 6.49. The van der Waals surface area contributed by atoms with Crippen LogP contribution in [0.25, 0.3) is 0 Å². The van der Waals surface area contributed by atoms with Gasteiger partial charge in [0.2, 0.25) is 0 Å². The summed E-state index contributed by atoms with van der Waals surface area (Å²) in [5.41, 5.74) is 3.87. The monoisotopic (exact) mass is 249 g/mol. The Morgan fingerprint density at radius 3 is 2.56 bits per heavy atom. The standard InChI is InChI=1S/C15H23NO2/c1-11-6-7-13(12(2)8-11)15(3,4)10-16-9-14(17)18-5/h6-8,16H,9-10H2,1-5H3. The lowest BCUT2D eigenvalue weighted by molar-refractivity contribution is -0.139. The third kappa shape index (κ3) is 3.84. The number of hydrogen-bond donors (Lipinski definition) is 1. The van der Waals surface area contributed by atoms with Gasteiger partial charge in [-0.05, 0) is 25.0 Å². The molecule has 0 spiro atoms. The third-order valence-electron chi connectivity index (χ3n) is 3.17. The van der Waals surface area contributed by atoms with Gasteiger partial charge in [-0.15, -0.1) is 0 Å². The first-order valence-corrected chi connectivity index (χ1v) is 6.22. The Bertz CT molecular complexity index is 425. The van der Waals surface area contributed by atoms with E-state index in [1.807, 2.05) is 0 Å². The molecule has 0 heterocycles. The molecular weight excluding hydrogens is 226 g/mol. The molecule has 0 saturated heterocycles. The van der Waals surface area contributed by atoms with Crippen LogP contribution in [0, 0.1) is 13.8 Å². The molecule has 1 N–H and O–H groups in total. The SMILES string of the molecule is COC(=O)CNCC(C)(C)c1ccc(C)cc1C. The number of rotatable bonds is 5. The molecule has 18 heavy (non-hydrogen) atoms. The number of esters is 1. The minimum absolute atomic E-state index is 0.00813. The van der Waals surface area contributed by atoms with Gasteiger partial charge in [-0.25, -0.2) is 0 Å². The predicted molar refractivity (Wildman–Crippen MR) is 73.8 cm³/mol. The summed E-state index contributed by atoms with van der Waals surface area (Å²) in [7, 11) is 1.40. The fourth-order valence-electron chi connectivity index (χ4n) is 2.22. The molecule has 0 radical (unpaired) electrons. The van der Waals surface area contributed by atoms with Crippen molar-refractivity contribution in [2.45, 2.75) is 33.1 Å². The Balaban J connectivity index is 2.70. The van der Waals surface area contributed by atoms with E-state index in [-0.39, 0.29) is 17.9 Å². The fraction of sp³-hybridized carbons (Fsp3) is 0.533. The zero-order chi connectivity index (χ0) is 13.8. The Morgan fingerprint density at radius 2 is 2.00 bits per heavy atom. The Kier molecular flexibility index (Phi) is 4.91. The van der Waals surface area contributed by atoms with Gasteiger partial charge in [0.05, 0.1) is 13.7 Å². The van der Waals surface area contributed by atoms with Gasteiger partial charge in [0.25, 0.3) is 0 Å². The normalized spacial score (nSPS) is 11.4. The molecule has 0 aliphatic rings. The molecular formula is C15H23NO2. The van der Waals surface area contributed by atoms with Gasteiger partial charge in [-0.2, -0.15) is 0 Å². The lowest BCUT2D eigenvalue weighted by Crippen LogP contribution is -2.36. The second-order valence-electron chi connectivity index (χ2n) is 5.38. The van der Waals surface area contributed by atoms with Crippen LogP contribution in [0.4, 0.5) is 0 Å². The fourth-order valence-corrected chi connectivity index (χ4v) is 2.22. The Labute approximate surface area is 110 Å². The number of hydrogen-bond acceptors (Lipinski definition) is 3. The van der Waals surface area contributed by atoms with Gasteiger partial charge in [-0.1, -0.05) is 37.6 Å². The summed E-state index contributed by atoms with van der Waals surface area (Å²) in [6.07, 6.45) is 0. The van der Waals surface area contributed by atoms with E-state index in [4.69, 9.17) is 0 Å². The van der Waals surface area contributed by atoms with Crippen molar-refractivity contribution < 1.29 is 9.53 Å². The first-order chi connectivity index (χ1) is 8.36. The summed E-state index contributed by atoms with van der Waals surface area (Å²) in [6.45, 7) is 9.57. The van der Waals surface area contributed by atoms with Crippen molar-refractivity contribution in [3.8, 4) is 0 Å². The Morgan fingerprint density at radius 1 is 1.33 bits per heavy atom. The molecule has 1 aromatic rings. The van der Waals surface area contributed by atoms with E-state index in [0.29, 0.717) is 0 Å². The zero-order valence-corrected chi connectivity index (χ0v) is 12.0. The minimum atomic E-state index is -0.230. The summed E-state index contributed by atoms with van der Waals surface area (Å²) in [5, 5.41) is 3.14. The van der Waals surface area contributed by atoms with E-state index in [1.165, 1.54) is 23.8 Å². The van der Waals surface area contributed by atoms with Crippen LogP contribution >= 0.6 is 0 Å². The van der Waals surface area contributed by atoms with Crippen LogP contribution in [-0.4, -0.2) is 26.2 Å². The second kappa shape index (κ2) is 6.01. The molecule has 1 rings (SSSR count). The highest BCUT2D eigenvalue weighted by Gasteiger charge is 2.22. The average Bonchev–Trinajstić information content (AvgIpc) is 2.27. The number of ether oxygens (including phenoxy) is 1. The maximum Gasteiger partial charge on any atom is 0.319 e. The van der Waals surface area contributed by atoms with Crippen LogP contribution in [-0.2, 0) is 14.9 Å². The van der Waals surface area contributed by atoms with Crippen molar-refractivity contribution in [2.24, 2.45) is 0 Å². The summed E-state index contributed by atoms with van der Waals surface area (Å²) >= 11 is 0. The van der Waals surface area contributed by atoms with Gasteiger partial charge in [0.1, 0.15) is 0 Å². The number of carbonyl (C=O) groups excluding carboxylic acids is 1. The van der Waals surface area contributed by atoms with Crippen molar-refractivity contribution in [1.29, 1.82) is 0 Å². The van der Waals surface area contributed by atoms with Crippen LogP contribution in [0.3, 0.4) is 0 Å². The number of aryl methyl sites for hydroxylation is 2. The molecule has 0 atom stereocenters. The molecule has 0 bridgehead atoms. The maximum absolute atomic E-state index is 11.1. The molecule has 0 aliphatic carbocycles. The minimum Gasteiger partial charge on any atom is -0.468 e. The molecule has 0 unspecified atom stereocenters.